The zero-order valence-corrected chi connectivity index (χ0v) is 10.1. The minimum Gasteiger partial charge on any atom is -0.313 e. The van der Waals surface area contributed by atoms with Gasteiger partial charge in [-0.05, 0) is 37.4 Å². The van der Waals surface area contributed by atoms with Gasteiger partial charge in [0, 0.05) is 17.5 Å². The first-order valence-corrected chi connectivity index (χ1v) is 6.87. The van der Waals surface area contributed by atoms with Crippen LogP contribution in [-0.2, 0) is 5.75 Å². The average molecular weight is 221 g/mol. The first-order chi connectivity index (χ1) is 7.36. The Morgan fingerprint density at radius 3 is 3.00 bits per heavy atom. The fraction of sp³-hybridized carbons (Fsp3) is 0.538. The summed E-state index contributed by atoms with van der Waals surface area (Å²) < 4.78 is 0. The van der Waals surface area contributed by atoms with E-state index in [0.29, 0.717) is 0 Å². The number of thioether (sulfide) groups is 1. The lowest BCUT2D eigenvalue weighted by atomic mass is 10.1. The summed E-state index contributed by atoms with van der Waals surface area (Å²) >= 11 is 2.06. The fourth-order valence-electron chi connectivity index (χ4n) is 1.98. The highest BCUT2D eigenvalue weighted by Gasteiger charge is 2.13. The Morgan fingerprint density at radius 1 is 1.40 bits per heavy atom. The summed E-state index contributed by atoms with van der Waals surface area (Å²) in [5, 5.41) is 3.54. The van der Waals surface area contributed by atoms with Crippen LogP contribution in [0.3, 0.4) is 0 Å². The summed E-state index contributed by atoms with van der Waals surface area (Å²) in [4.78, 5) is 0. The van der Waals surface area contributed by atoms with Crippen LogP contribution in [-0.4, -0.2) is 18.3 Å². The minimum atomic E-state index is 0.763. The molecule has 0 aliphatic carbocycles. The second kappa shape index (κ2) is 5.57. The molecule has 2 rings (SSSR count). The molecule has 0 amide bonds. The molecule has 15 heavy (non-hydrogen) atoms. The molecule has 82 valence electrons. The molecule has 1 aromatic carbocycles. The lowest BCUT2D eigenvalue weighted by molar-refractivity contribution is 0.674. The van der Waals surface area contributed by atoms with Gasteiger partial charge in [-0.15, -0.1) is 0 Å². The first kappa shape index (κ1) is 11.0. The van der Waals surface area contributed by atoms with Gasteiger partial charge >= 0.3 is 0 Å². The van der Waals surface area contributed by atoms with E-state index >= 15 is 0 Å². The van der Waals surface area contributed by atoms with Crippen molar-refractivity contribution in [3.8, 4) is 0 Å². The minimum absolute atomic E-state index is 0.763. The van der Waals surface area contributed by atoms with Crippen LogP contribution in [0, 0.1) is 6.92 Å². The lowest BCUT2D eigenvalue weighted by Gasteiger charge is -2.10. The smallest absolute Gasteiger partial charge is 0.0187 e. The highest BCUT2D eigenvalue weighted by Crippen LogP contribution is 2.18. The van der Waals surface area contributed by atoms with Crippen molar-refractivity contribution in [2.24, 2.45) is 0 Å². The Bertz CT molecular complexity index is 305. The Balaban J connectivity index is 1.75. The van der Waals surface area contributed by atoms with Crippen LogP contribution in [0.25, 0.3) is 0 Å². The molecule has 1 atom stereocenters. The van der Waals surface area contributed by atoms with Gasteiger partial charge in [-0.2, -0.15) is 11.8 Å². The monoisotopic (exact) mass is 221 g/mol. The fourth-order valence-corrected chi connectivity index (χ4v) is 3.21. The number of benzene rings is 1. The van der Waals surface area contributed by atoms with Gasteiger partial charge < -0.3 is 5.32 Å². The van der Waals surface area contributed by atoms with Crippen molar-refractivity contribution in [1.82, 2.24) is 5.32 Å². The summed E-state index contributed by atoms with van der Waals surface area (Å²) in [7, 11) is 0. The standard InChI is InChI=1S/C13H19NS/c1-11-5-2-3-6-12(11)9-15-10-13-7-4-8-14-13/h2-3,5-6,13-14H,4,7-10H2,1H3. The van der Waals surface area contributed by atoms with E-state index in [9.17, 15) is 0 Å². The van der Waals surface area contributed by atoms with Crippen molar-refractivity contribution in [3.63, 3.8) is 0 Å². The van der Waals surface area contributed by atoms with Crippen molar-refractivity contribution in [3.05, 3.63) is 35.4 Å². The van der Waals surface area contributed by atoms with Gasteiger partial charge in [0.2, 0.25) is 0 Å². The maximum absolute atomic E-state index is 3.54. The zero-order valence-electron chi connectivity index (χ0n) is 9.33. The summed E-state index contributed by atoms with van der Waals surface area (Å²) in [6, 6.07) is 9.45. The highest BCUT2D eigenvalue weighted by atomic mass is 32.2. The second-order valence-electron chi connectivity index (χ2n) is 4.23. The molecule has 2 heteroatoms. The SMILES string of the molecule is Cc1ccccc1CSCC1CCCN1. The Kier molecular flexibility index (Phi) is 4.09. The van der Waals surface area contributed by atoms with Crippen LogP contribution in [0.4, 0.5) is 0 Å². The molecule has 1 N–H and O–H groups in total. The largest absolute Gasteiger partial charge is 0.313 e. The molecule has 1 aromatic rings. The van der Waals surface area contributed by atoms with Gasteiger partial charge in [0.15, 0.2) is 0 Å². The van der Waals surface area contributed by atoms with E-state index < -0.39 is 0 Å². The molecule has 1 saturated heterocycles. The van der Waals surface area contributed by atoms with Crippen molar-refractivity contribution in [2.75, 3.05) is 12.3 Å². The van der Waals surface area contributed by atoms with E-state index in [1.807, 2.05) is 0 Å². The van der Waals surface area contributed by atoms with Crippen LogP contribution < -0.4 is 5.32 Å². The summed E-state index contributed by atoms with van der Waals surface area (Å²) in [6.07, 6.45) is 2.72. The predicted octanol–water partition coefficient (Wildman–Crippen LogP) is 2.98. The third-order valence-corrected chi connectivity index (χ3v) is 4.15. The molecule has 1 aliphatic heterocycles. The van der Waals surface area contributed by atoms with Gasteiger partial charge in [-0.1, -0.05) is 24.3 Å². The van der Waals surface area contributed by atoms with Crippen LogP contribution in [0.1, 0.15) is 24.0 Å². The van der Waals surface area contributed by atoms with Gasteiger partial charge in [0.25, 0.3) is 0 Å². The van der Waals surface area contributed by atoms with E-state index in [0.717, 1.165) is 11.8 Å². The maximum Gasteiger partial charge on any atom is 0.0187 e. The van der Waals surface area contributed by atoms with Crippen LogP contribution in [0.15, 0.2) is 24.3 Å². The summed E-state index contributed by atoms with van der Waals surface area (Å²) in [5.74, 6) is 2.42. The number of hydrogen-bond donors (Lipinski definition) is 1. The number of aryl methyl sites for hydroxylation is 1. The van der Waals surface area contributed by atoms with Crippen LogP contribution in [0.5, 0.6) is 0 Å². The lowest BCUT2D eigenvalue weighted by Crippen LogP contribution is -2.23. The van der Waals surface area contributed by atoms with E-state index in [1.165, 1.54) is 36.3 Å². The van der Waals surface area contributed by atoms with E-state index in [4.69, 9.17) is 0 Å². The van der Waals surface area contributed by atoms with E-state index in [-0.39, 0.29) is 0 Å². The normalized spacial score (nSPS) is 20.7. The Morgan fingerprint density at radius 2 is 2.27 bits per heavy atom. The third-order valence-electron chi connectivity index (χ3n) is 3.00. The maximum atomic E-state index is 3.54. The Hall–Kier alpha value is -0.470. The summed E-state index contributed by atoms with van der Waals surface area (Å²) in [5.41, 5.74) is 2.91. The molecular weight excluding hydrogens is 202 g/mol. The highest BCUT2D eigenvalue weighted by molar-refractivity contribution is 7.98. The third kappa shape index (κ3) is 3.25. The first-order valence-electron chi connectivity index (χ1n) is 5.72. The molecule has 0 bridgehead atoms. The van der Waals surface area contributed by atoms with E-state index in [2.05, 4.69) is 48.3 Å². The molecule has 1 heterocycles. The molecule has 1 unspecified atom stereocenters. The van der Waals surface area contributed by atoms with Gasteiger partial charge in [-0.25, -0.2) is 0 Å². The van der Waals surface area contributed by atoms with Crippen LogP contribution in [0.2, 0.25) is 0 Å². The average Bonchev–Trinajstić information content (AvgIpc) is 2.74. The van der Waals surface area contributed by atoms with Gasteiger partial charge in [0.1, 0.15) is 0 Å². The van der Waals surface area contributed by atoms with Crippen molar-refractivity contribution in [1.29, 1.82) is 0 Å². The summed E-state index contributed by atoms with van der Waals surface area (Å²) in [6.45, 7) is 3.42. The molecule has 1 aliphatic rings. The second-order valence-corrected chi connectivity index (χ2v) is 5.27. The number of rotatable bonds is 4. The molecule has 1 nitrogen and oxygen atoms in total. The van der Waals surface area contributed by atoms with Crippen molar-refractivity contribution < 1.29 is 0 Å². The topological polar surface area (TPSA) is 12.0 Å². The molecule has 0 radical (unpaired) electrons. The molecule has 0 aromatic heterocycles. The van der Waals surface area contributed by atoms with Gasteiger partial charge in [0.05, 0.1) is 0 Å². The van der Waals surface area contributed by atoms with Gasteiger partial charge in [-0.3, -0.25) is 0 Å². The molecule has 0 spiro atoms. The van der Waals surface area contributed by atoms with Crippen LogP contribution >= 0.6 is 11.8 Å². The van der Waals surface area contributed by atoms with Crippen molar-refractivity contribution in [2.45, 2.75) is 31.6 Å². The molecular formula is C13H19NS. The number of nitrogens with one attached hydrogen (secondary N) is 1. The van der Waals surface area contributed by atoms with E-state index in [1.54, 1.807) is 0 Å². The molecule has 0 saturated carbocycles. The number of hydrogen-bond acceptors (Lipinski definition) is 2. The quantitative estimate of drug-likeness (QED) is 0.839. The Labute approximate surface area is 96.7 Å². The molecule has 1 fully saturated rings. The predicted molar refractivity (Wildman–Crippen MR) is 68.4 cm³/mol. The zero-order chi connectivity index (χ0) is 10.5. The van der Waals surface area contributed by atoms with Crippen molar-refractivity contribution >= 4 is 11.8 Å².